The second-order valence-electron chi connectivity index (χ2n) is 6.08. The topological polar surface area (TPSA) is 97.2 Å². The summed E-state index contributed by atoms with van der Waals surface area (Å²) in [4.78, 5) is 26.6. The lowest BCUT2D eigenvalue weighted by molar-refractivity contribution is -0.122. The van der Waals surface area contributed by atoms with E-state index < -0.39 is 11.4 Å². The third-order valence-corrected chi connectivity index (χ3v) is 3.65. The number of nitrogens with two attached hydrogens (primary N) is 1. The summed E-state index contributed by atoms with van der Waals surface area (Å²) >= 11 is 0. The van der Waals surface area contributed by atoms with Crippen LogP contribution >= 0.6 is 0 Å². The third kappa shape index (κ3) is 4.03. The minimum Gasteiger partial charge on any atom is -0.494 e. The van der Waals surface area contributed by atoms with Crippen molar-refractivity contribution in [2.24, 2.45) is 5.73 Å². The Hall–Kier alpha value is -2.50. The molecule has 0 spiro atoms. The van der Waals surface area contributed by atoms with Crippen molar-refractivity contribution in [1.82, 2.24) is 10.3 Å². The molecule has 23 heavy (non-hydrogen) atoms. The molecule has 0 saturated heterocycles. The zero-order chi connectivity index (χ0) is 17.0. The van der Waals surface area contributed by atoms with Gasteiger partial charge in [0.1, 0.15) is 17.0 Å². The van der Waals surface area contributed by atoms with Gasteiger partial charge < -0.3 is 20.8 Å². The van der Waals surface area contributed by atoms with E-state index in [1.807, 2.05) is 18.2 Å². The van der Waals surface area contributed by atoms with E-state index >= 15 is 0 Å². The molecule has 6 nitrogen and oxygen atoms in total. The van der Waals surface area contributed by atoms with Crippen molar-refractivity contribution < 1.29 is 14.3 Å². The summed E-state index contributed by atoms with van der Waals surface area (Å²) in [5.74, 6) is -0.204. The van der Waals surface area contributed by atoms with E-state index in [0.717, 1.165) is 29.5 Å². The zero-order valence-corrected chi connectivity index (χ0v) is 13.7. The van der Waals surface area contributed by atoms with Crippen LogP contribution in [0, 0.1) is 0 Å². The largest absolute Gasteiger partial charge is 0.494 e. The third-order valence-electron chi connectivity index (χ3n) is 3.65. The number of ether oxygens (including phenoxy) is 1. The predicted molar refractivity (Wildman–Crippen MR) is 89.4 cm³/mol. The number of amides is 2. The molecule has 0 saturated carbocycles. The summed E-state index contributed by atoms with van der Waals surface area (Å²) in [6.07, 6.45) is 2.07. The van der Waals surface area contributed by atoms with E-state index in [1.165, 1.54) is 0 Å². The highest BCUT2D eigenvalue weighted by atomic mass is 16.5. The maximum absolute atomic E-state index is 12.2. The van der Waals surface area contributed by atoms with Gasteiger partial charge in [-0.1, -0.05) is 13.3 Å². The van der Waals surface area contributed by atoms with Crippen LogP contribution < -0.4 is 15.8 Å². The Labute approximate surface area is 135 Å². The van der Waals surface area contributed by atoms with Gasteiger partial charge in [-0.15, -0.1) is 0 Å². The Bertz CT molecular complexity index is 719. The molecule has 0 radical (unpaired) electrons. The smallest absolute Gasteiger partial charge is 0.268 e. The van der Waals surface area contributed by atoms with Gasteiger partial charge in [-0.05, 0) is 38.5 Å². The molecule has 0 atom stereocenters. The van der Waals surface area contributed by atoms with Gasteiger partial charge in [0, 0.05) is 17.0 Å². The highest BCUT2D eigenvalue weighted by molar-refractivity contribution is 6.01. The maximum atomic E-state index is 12.2. The zero-order valence-electron chi connectivity index (χ0n) is 13.7. The second-order valence-corrected chi connectivity index (χ2v) is 6.08. The van der Waals surface area contributed by atoms with Gasteiger partial charge in [-0.2, -0.15) is 0 Å². The van der Waals surface area contributed by atoms with E-state index in [9.17, 15) is 9.59 Å². The Morgan fingerprint density at radius 2 is 2.04 bits per heavy atom. The number of aromatic nitrogens is 1. The van der Waals surface area contributed by atoms with Gasteiger partial charge in [0.2, 0.25) is 5.91 Å². The molecule has 0 bridgehead atoms. The molecule has 0 unspecified atom stereocenters. The molecule has 0 aliphatic rings. The molecule has 4 N–H and O–H groups in total. The first-order chi connectivity index (χ1) is 10.8. The molecule has 2 aromatic rings. The minimum absolute atomic E-state index is 0.375. The van der Waals surface area contributed by atoms with Crippen molar-refractivity contribution >= 4 is 22.7 Å². The van der Waals surface area contributed by atoms with Crippen molar-refractivity contribution in [2.45, 2.75) is 39.2 Å². The number of nitrogens with one attached hydrogen (secondary N) is 2. The molecule has 1 heterocycles. The molecule has 124 valence electrons. The monoisotopic (exact) mass is 317 g/mol. The first-order valence-corrected chi connectivity index (χ1v) is 7.71. The summed E-state index contributed by atoms with van der Waals surface area (Å²) in [5, 5.41) is 3.51. The molecule has 0 aliphatic carbocycles. The van der Waals surface area contributed by atoms with Gasteiger partial charge in [0.05, 0.1) is 6.61 Å². The van der Waals surface area contributed by atoms with Crippen LogP contribution in [0.4, 0.5) is 0 Å². The van der Waals surface area contributed by atoms with Gasteiger partial charge in [-0.3, -0.25) is 9.59 Å². The minimum atomic E-state index is -1.11. The molecule has 0 fully saturated rings. The number of primary amides is 1. The number of hydrogen-bond acceptors (Lipinski definition) is 3. The van der Waals surface area contributed by atoms with Crippen LogP contribution in [-0.4, -0.2) is 28.9 Å². The Morgan fingerprint density at radius 3 is 2.70 bits per heavy atom. The van der Waals surface area contributed by atoms with Gasteiger partial charge in [0.15, 0.2) is 0 Å². The number of benzene rings is 1. The SMILES string of the molecule is CCCCOc1ccc2cc(C(=O)NC(C)(C)C(N)=O)[nH]c2c1. The summed E-state index contributed by atoms with van der Waals surface area (Å²) < 4.78 is 5.65. The second kappa shape index (κ2) is 6.73. The van der Waals surface area contributed by atoms with Crippen LogP contribution in [0.5, 0.6) is 5.75 Å². The molecule has 0 aliphatic heterocycles. The fraction of sp³-hybridized carbons (Fsp3) is 0.412. The standard InChI is InChI=1S/C17H23N3O3/c1-4-5-8-23-12-7-6-11-9-14(19-13(11)10-12)15(21)20-17(2,3)16(18)22/h6-7,9-10,19H,4-5,8H2,1-3H3,(H2,18,22)(H,20,21). The van der Waals surface area contributed by atoms with Gasteiger partial charge in [0.25, 0.3) is 5.91 Å². The van der Waals surface area contributed by atoms with Crippen LogP contribution in [0.3, 0.4) is 0 Å². The van der Waals surface area contributed by atoms with Crippen LogP contribution in [0.1, 0.15) is 44.1 Å². The number of hydrogen-bond donors (Lipinski definition) is 3. The van der Waals surface area contributed by atoms with Crippen molar-refractivity contribution in [3.05, 3.63) is 30.0 Å². The molecular formula is C17H23N3O3. The van der Waals surface area contributed by atoms with E-state index in [1.54, 1.807) is 19.9 Å². The molecular weight excluding hydrogens is 294 g/mol. The Balaban J connectivity index is 2.16. The van der Waals surface area contributed by atoms with Gasteiger partial charge >= 0.3 is 0 Å². The Kier molecular flexibility index (Phi) is 4.93. The molecule has 6 heteroatoms. The first-order valence-electron chi connectivity index (χ1n) is 7.71. The van der Waals surface area contributed by atoms with Crippen molar-refractivity contribution in [3.63, 3.8) is 0 Å². The summed E-state index contributed by atoms with van der Waals surface area (Å²) in [5.41, 5.74) is 5.34. The number of unbranched alkanes of at least 4 members (excludes halogenated alkanes) is 1. The molecule has 1 aromatic carbocycles. The quantitative estimate of drug-likeness (QED) is 0.684. The molecule has 2 amide bonds. The summed E-state index contributed by atoms with van der Waals surface area (Å²) in [6, 6.07) is 7.36. The summed E-state index contributed by atoms with van der Waals surface area (Å²) in [7, 11) is 0. The van der Waals surface area contributed by atoms with Gasteiger partial charge in [-0.25, -0.2) is 0 Å². The predicted octanol–water partition coefficient (Wildman–Crippen LogP) is 2.34. The lowest BCUT2D eigenvalue weighted by Gasteiger charge is -2.21. The van der Waals surface area contributed by atoms with E-state index in [0.29, 0.717) is 12.3 Å². The van der Waals surface area contributed by atoms with Crippen LogP contribution in [0.15, 0.2) is 24.3 Å². The highest BCUT2D eigenvalue weighted by Gasteiger charge is 2.27. The van der Waals surface area contributed by atoms with Crippen LogP contribution in [0.2, 0.25) is 0 Å². The fourth-order valence-electron chi connectivity index (χ4n) is 2.07. The maximum Gasteiger partial charge on any atom is 0.268 e. The highest BCUT2D eigenvalue weighted by Crippen LogP contribution is 2.22. The number of rotatable bonds is 7. The van der Waals surface area contributed by atoms with E-state index in [4.69, 9.17) is 10.5 Å². The number of carbonyl (C=O) groups is 2. The van der Waals surface area contributed by atoms with E-state index in [-0.39, 0.29) is 5.91 Å². The van der Waals surface area contributed by atoms with Crippen molar-refractivity contribution in [1.29, 1.82) is 0 Å². The number of carbonyl (C=O) groups excluding carboxylic acids is 2. The first kappa shape index (κ1) is 16.9. The number of fused-ring (bicyclic) bond motifs is 1. The van der Waals surface area contributed by atoms with E-state index in [2.05, 4.69) is 17.2 Å². The summed E-state index contributed by atoms with van der Waals surface area (Å²) in [6.45, 7) is 5.91. The Morgan fingerprint density at radius 1 is 1.30 bits per heavy atom. The van der Waals surface area contributed by atoms with Crippen LogP contribution in [0.25, 0.3) is 10.9 Å². The number of H-pyrrole nitrogens is 1. The van der Waals surface area contributed by atoms with Crippen molar-refractivity contribution in [3.8, 4) is 5.75 Å². The lowest BCUT2D eigenvalue weighted by atomic mass is 10.1. The fourth-order valence-corrected chi connectivity index (χ4v) is 2.07. The molecule has 1 aromatic heterocycles. The average Bonchev–Trinajstić information content (AvgIpc) is 2.90. The lowest BCUT2D eigenvalue weighted by Crippen LogP contribution is -2.53. The normalized spacial score (nSPS) is 11.4. The average molecular weight is 317 g/mol. The van der Waals surface area contributed by atoms with Crippen molar-refractivity contribution in [2.75, 3.05) is 6.61 Å². The molecule has 2 rings (SSSR count). The number of aromatic amines is 1. The van der Waals surface area contributed by atoms with Crippen LogP contribution in [-0.2, 0) is 4.79 Å².